The fraction of sp³-hybridized carbons (Fsp3) is 0.533. The Morgan fingerprint density at radius 3 is 2.39 bits per heavy atom. The second-order valence-corrected chi connectivity index (χ2v) is 5.41. The van der Waals surface area contributed by atoms with Gasteiger partial charge in [0, 0.05) is 18.7 Å². The molecular weight excluding hydrogens is 417 g/mol. The summed E-state index contributed by atoms with van der Waals surface area (Å²) in [5, 5.41) is 0. The van der Waals surface area contributed by atoms with Gasteiger partial charge < -0.3 is 20.3 Å². The van der Waals surface area contributed by atoms with Crippen molar-refractivity contribution in [2.45, 2.75) is 6.04 Å². The molecule has 5 nitrogen and oxygen atoms in total. The fourth-order valence-corrected chi connectivity index (χ4v) is 2.41. The summed E-state index contributed by atoms with van der Waals surface area (Å²) in [6.45, 7) is 2.75. The molecule has 23 heavy (non-hydrogen) atoms. The van der Waals surface area contributed by atoms with Gasteiger partial charge in [-0.25, -0.2) is 8.78 Å². The number of morpholine rings is 1. The Morgan fingerprint density at radius 2 is 1.87 bits per heavy atom. The zero-order valence-electron chi connectivity index (χ0n) is 13.3. The number of aliphatic imine (C=N–C) groups is 1. The van der Waals surface area contributed by atoms with Crippen LogP contribution in [0.15, 0.2) is 23.2 Å². The zero-order chi connectivity index (χ0) is 16.1. The van der Waals surface area contributed by atoms with E-state index in [4.69, 9.17) is 10.5 Å². The van der Waals surface area contributed by atoms with Gasteiger partial charge in [0.15, 0.2) is 5.96 Å². The van der Waals surface area contributed by atoms with E-state index in [0.717, 1.165) is 0 Å². The van der Waals surface area contributed by atoms with Crippen molar-refractivity contribution >= 4 is 29.9 Å². The highest BCUT2D eigenvalue weighted by molar-refractivity contribution is 14.0. The molecule has 0 radical (unpaired) electrons. The third kappa shape index (κ3) is 5.25. The molecule has 1 aromatic carbocycles. The highest BCUT2D eigenvalue weighted by Crippen LogP contribution is 2.24. The van der Waals surface area contributed by atoms with Crippen molar-refractivity contribution in [3.8, 4) is 0 Å². The van der Waals surface area contributed by atoms with Gasteiger partial charge in [-0.3, -0.25) is 4.99 Å². The summed E-state index contributed by atoms with van der Waals surface area (Å²) in [5.74, 6) is -0.760. The highest BCUT2D eigenvalue weighted by atomic mass is 127. The summed E-state index contributed by atoms with van der Waals surface area (Å²) in [6, 6.07) is 3.35. The van der Waals surface area contributed by atoms with E-state index in [2.05, 4.69) is 4.99 Å². The van der Waals surface area contributed by atoms with Crippen LogP contribution >= 0.6 is 24.0 Å². The van der Waals surface area contributed by atoms with Crippen LogP contribution in [0.4, 0.5) is 8.78 Å². The van der Waals surface area contributed by atoms with E-state index in [9.17, 15) is 8.78 Å². The molecule has 0 saturated carbocycles. The second kappa shape index (κ2) is 9.33. The molecule has 130 valence electrons. The highest BCUT2D eigenvalue weighted by Gasteiger charge is 2.22. The van der Waals surface area contributed by atoms with Crippen LogP contribution < -0.4 is 5.73 Å². The van der Waals surface area contributed by atoms with Crippen LogP contribution in [0.25, 0.3) is 0 Å². The van der Waals surface area contributed by atoms with Crippen molar-refractivity contribution in [3.05, 3.63) is 35.4 Å². The van der Waals surface area contributed by atoms with E-state index in [0.29, 0.717) is 32.3 Å². The van der Waals surface area contributed by atoms with Crippen LogP contribution in [0.5, 0.6) is 0 Å². The maximum absolute atomic E-state index is 14.0. The molecule has 0 aromatic heterocycles. The molecule has 1 fully saturated rings. The average Bonchev–Trinajstić information content (AvgIpc) is 2.50. The first-order chi connectivity index (χ1) is 10.5. The predicted molar refractivity (Wildman–Crippen MR) is 97.1 cm³/mol. The minimum Gasteiger partial charge on any atom is -0.378 e. The minimum atomic E-state index is -0.571. The number of likely N-dealkylation sites (N-methyl/N-ethyl adjacent to an activating group) is 1. The average molecular weight is 440 g/mol. The summed E-state index contributed by atoms with van der Waals surface area (Å²) in [4.78, 5) is 7.96. The van der Waals surface area contributed by atoms with E-state index in [1.165, 1.54) is 18.2 Å². The summed E-state index contributed by atoms with van der Waals surface area (Å²) in [5.41, 5.74) is 5.98. The largest absolute Gasteiger partial charge is 0.378 e. The summed E-state index contributed by atoms with van der Waals surface area (Å²) in [7, 11) is 3.52. The number of nitrogens with two attached hydrogens (primary N) is 1. The topological polar surface area (TPSA) is 54.1 Å². The van der Waals surface area contributed by atoms with Crippen LogP contribution in [0, 0.1) is 11.6 Å². The smallest absolute Gasteiger partial charge is 0.191 e. The van der Waals surface area contributed by atoms with Gasteiger partial charge in [-0.05, 0) is 26.2 Å². The lowest BCUT2D eigenvalue weighted by Gasteiger charge is -2.29. The monoisotopic (exact) mass is 440 g/mol. The van der Waals surface area contributed by atoms with Gasteiger partial charge in [0.2, 0.25) is 0 Å². The molecule has 1 aliphatic rings. The van der Waals surface area contributed by atoms with Crippen molar-refractivity contribution in [2.75, 3.05) is 46.9 Å². The molecule has 0 spiro atoms. The van der Waals surface area contributed by atoms with Crippen molar-refractivity contribution < 1.29 is 13.5 Å². The Kier molecular flexibility index (Phi) is 8.13. The summed E-state index contributed by atoms with van der Waals surface area (Å²) in [6.07, 6.45) is 0. The normalized spacial score (nSPS) is 17.1. The van der Waals surface area contributed by atoms with Gasteiger partial charge >= 0.3 is 0 Å². The van der Waals surface area contributed by atoms with Crippen LogP contribution in [-0.2, 0) is 4.74 Å². The van der Waals surface area contributed by atoms with Gasteiger partial charge in [-0.2, -0.15) is 0 Å². The van der Waals surface area contributed by atoms with Gasteiger partial charge in [0.25, 0.3) is 0 Å². The first-order valence-electron chi connectivity index (χ1n) is 7.23. The van der Waals surface area contributed by atoms with Crippen molar-refractivity contribution in [2.24, 2.45) is 10.7 Å². The van der Waals surface area contributed by atoms with Crippen molar-refractivity contribution in [1.29, 1.82) is 0 Å². The quantitative estimate of drug-likeness (QED) is 0.441. The lowest BCUT2D eigenvalue weighted by atomic mass is 10.0. The molecule has 0 amide bonds. The first kappa shape index (κ1) is 20.0. The molecule has 2 N–H and O–H groups in total. The van der Waals surface area contributed by atoms with E-state index >= 15 is 0 Å². The van der Waals surface area contributed by atoms with E-state index in [1.54, 1.807) is 19.0 Å². The number of benzene rings is 1. The molecule has 8 heteroatoms. The van der Waals surface area contributed by atoms with Crippen molar-refractivity contribution in [1.82, 2.24) is 9.80 Å². The van der Waals surface area contributed by atoms with Gasteiger partial charge in [-0.1, -0.05) is 6.07 Å². The van der Waals surface area contributed by atoms with Crippen LogP contribution in [0.2, 0.25) is 0 Å². The van der Waals surface area contributed by atoms with Gasteiger partial charge in [-0.15, -0.1) is 24.0 Å². The second-order valence-electron chi connectivity index (χ2n) is 5.41. The molecular formula is C15H23F2IN4O. The molecule has 1 saturated heterocycles. The number of ether oxygens (including phenoxy) is 1. The molecule has 0 aliphatic carbocycles. The molecule has 0 bridgehead atoms. The number of guanidine groups is 1. The molecule has 2 rings (SSSR count). The van der Waals surface area contributed by atoms with Crippen molar-refractivity contribution in [3.63, 3.8) is 0 Å². The molecule has 1 heterocycles. The molecule has 1 aromatic rings. The number of hydrogen-bond donors (Lipinski definition) is 1. The maximum atomic E-state index is 14.0. The maximum Gasteiger partial charge on any atom is 0.191 e. The lowest BCUT2D eigenvalue weighted by molar-refractivity contribution is 0.0673. The molecule has 1 atom stereocenters. The van der Waals surface area contributed by atoms with Crippen LogP contribution in [0.3, 0.4) is 0 Å². The SMILES string of the molecule is CN(C)C(CN=C(N)N1CCOCC1)c1c(F)cccc1F.I. The zero-order valence-corrected chi connectivity index (χ0v) is 15.7. The summed E-state index contributed by atoms with van der Waals surface area (Å²) >= 11 is 0. The molecule has 1 aliphatic heterocycles. The minimum absolute atomic E-state index is 0. The number of rotatable bonds is 4. The first-order valence-corrected chi connectivity index (χ1v) is 7.23. The van der Waals surface area contributed by atoms with Gasteiger partial charge in [0.1, 0.15) is 11.6 Å². The lowest BCUT2D eigenvalue weighted by Crippen LogP contribution is -2.45. The third-order valence-electron chi connectivity index (χ3n) is 3.72. The van der Waals surface area contributed by atoms with E-state index in [-0.39, 0.29) is 36.1 Å². The van der Waals surface area contributed by atoms with Crippen LogP contribution in [0.1, 0.15) is 11.6 Å². The Bertz CT molecular complexity index is 516. The Hall–Kier alpha value is -1.000. The molecule has 1 unspecified atom stereocenters. The number of halogens is 3. The van der Waals surface area contributed by atoms with E-state index < -0.39 is 17.7 Å². The predicted octanol–water partition coefficient (Wildman–Crippen LogP) is 1.83. The number of hydrogen-bond acceptors (Lipinski definition) is 3. The standard InChI is InChI=1S/C15H22F2N4O.HI/c1-20(2)13(14-11(16)4-3-5-12(14)17)10-19-15(18)21-6-8-22-9-7-21;/h3-5,13H,6-10H2,1-2H3,(H2,18,19);1H. The van der Waals surface area contributed by atoms with E-state index in [1.807, 2.05) is 4.90 Å². The third-order valence-corrected chi connectivity index (χ3v) is 3.72. The Morgan fingerprint density at radius 1 is 1.30 bits per heavy atom. The Balaban J connectivity index is 0.00000264. The van der Waals surface area contributed by atoms with Crippen LogP contribution in [-0.4, -0.2) is 62.7 Å². The fourth-order valence-electron chi connectivity index (χ4n) is 2.41. The number of nitrogens with zero attached hydrogens (tertiary/aromatic N) is 3. The van der Waals surface area contributed by atoms with Gasteiger partial charge in [0.05, 0.1) is 25.8 Å². The Labute approximate surface area is 152 Å². The summed E-state index contributed by atoms with van der Waals surface area (Å²) < 4.78 is 33.2.